The molecule has 0 radical (unpaired) electrons. The van der Waals surface area contributed by atoms with Crippen LogP contribution in [0.15, 0.2) is 65.3 Å². The summed E-state index contributed by atoms with van der Waals surface area (Å²) < 4.78 is 45.4. The number of rotatable bonds is 3. The molecule has 5 nitrogen and oxygen atoms in total. The molecule has 0 fully saturated rings. The molecule has 1 amide bonds. The molecule has 2 aromatic carbocycles. The van der Waals surface area contributed by atoms with Gasteiger partial charge in [0.1, 0.15) is 5.58 Å². The van der Waals surface area contributed by atoms with Crippen molar-refractivity contribution in [1.29, 1.82) is 0 Å². The van der Waals surface area contributed by atoms with E-state index in [1.165, 1.54) is 24.5 Å². The lowest BCUT2D eigenvalue weighted by Gasteiger charge is -2.08. The van der Waals surface area contributed by atoms with E-state index < -0.39 is 11.9 Å². The second kappa shape index (κ2) is 7.05. The van der Waals surface area contributed by atoms with Crippen molar-refractivity contribution >= 4 is 22.7 Å². The van der Waals surface area contributed by atoms with Gasteiger partial charge in [0.2, 0.25) is 5.76 Å². The Labute approximate surface area is 163 Å². The lowest BCUT2D eigenvalue weighted by Crippen LogP contribution is -2.14. The molecule has 0 spiro atoms. The molecule has 146 valence electrons. The maximum atomic E-state index is 13.5. The number of aryl methyl sites for hydroxylation is 1. The first-order valence-electron chi connectivity index (χ1n) is 8.62. The zero-order chi connectivity index (χ0) is 20.6. The van der Waals surface area contributed by atoms with Gasteiger partial charge in [-0.2, -0.15) is 13.2 Å². The molecule has 29 heavy (non-hydrogen) atoms. The average molecular weight is 397 g/mol. The number of fused-ring (bicyclic) bond motifs is 1. The monoisotopic (exact) mass is 397 g/mol. The number of benzene rings is 2. The zero-order valence-electron chi connectivity index (χ0n) is 15.1. The predicted octanol–water partition coefficient (Wildman–Crippen LogP) is 5.47. The molecule has 0 saturated carbocycles. The minimum absolute atomic E-state index is 0.00355. The molecule has 8 heteroatoms. The SMILES string of the molecule is Cc1ccccc1C(=O)Nc1cnc(-c2c(C(F)(F)F)oc3ccccc23)cn1. The van der Waals surface area contributed by atoms with E-state index in [9.17, 15) is 18.0 Å². The third-order valence-corrected chi connectivity index (χ3v) is 4.39. The summed E-state index contributed by atoms with van der Waals surface area (Å²) in [6.45, 7) is 1.80. The van der Waals surface area contributed by atoms with Gasteiger partial charge >= 0.3 is 6.18 Å². The van der Waals surface area contributed by atoms with Gasteiger partial charge in [0.25, 0.3) is 5.91 Å². The molecule has 0 atom stereocenters. The average Bonchev–Trinajstić information content (AvgIpc) is 3.09. The fraction of sp³-hybridized carbons (Fsp3) is 0.0952. The van der Waals surface area contributed by atoms with Crippen molar-refractivity contribution < 1.29 is 22.4 Å². The van der Waals surface area contributed by atoms with E-state index in [-0.39, 0.29) is 34.0 Å². The van der Waals surface area contributed by atoms with Crippen LogP contribution in [0.1, 0.15) is 21.7 Å². The highest BCUT2D eigenvalue weighted by atomic mass is 19.4. The van der Waals surface area contributed by atoms with Crippen LogP contribution in [0.3, 0.4) is 0 Å². The lowest BCUT2D eigenvalue weighted by molar-refractivity contribution is -0.151. The highest BCUT2D eigenvalue weighted by molar-refractivity contribution is 6.04. The van der Waals surface area contributed by atoms with Crippen LogP contribution in [0.2, 0.25) is 0 Å². The van der Waals surface area contributed by atoms with Gasteiger partial charge in [0.15, 0.2) is 5.82 Å². The molecule has 0 saturated heterocycles. The highest BCUT2D eigenvalue weighted by Gasteiger charge is 2.40. The fourth-order valence-electron chi connectivity index (χ4n) is 3.03. The first kappa shape index (κ1) is 18.7. The third kappa shape index (κ3) is 3.56. The van der Waals surface area contributed by atoms with Gasteiger partial charge in [0.05, 0.1) is 23.7 Å². The van der Waals surface area contributed by atoms with E-state index in [4.69, 9.17) is 4.42 Å². The summed E-state index contributed by atoms with van der Waals surface area (Å²) in [5.41, 5.74) is 1.18. The molecule has 0 bridgehead atoms. The van der Waals surface area contributed by atoms with E-state index in [1.54, 1.807) is 37.3 Å². The normalized spacial score (nSPS) is 11.6. The fourth-order valence-corrected chi connectivity index (χ4v) is 3.03. The van der Waals surface area contributed by atoms with Crippen LogP contribution in [0.5, 0.6) is 0 Å². The number of furan rings is 1. The number of para-hydroxylation sites is 1. The molecule has 4 aromatic rings. The number of carbonyl (C=O) groups is 1. The maximum Gasteiger partial charge on any atom is 0.450 e. The Bertz CT molecular complexity index is 1200. The van der Waals surface area contributed by atoms with Crippen molar-refractivity contribution in [3.8, 4) is 11.3 Å². The summed E-state index contributed by atoms with van der Waals surface area (Å²) in [5.74, 6) is -1.39. The van der Waals surface area contributed by atoms with Crippen LogP contribution in [0.25, 0.3) is 22.2 Å². The van der Waals surface area contributed by atoms with Crippen molar-refractivity contribution in [1.82, 2.24) is 9.97 Å². The molecule has 0 aliphatic heterocycles. The largest absolute Gasteiger partial charge is 0.451 e. The van der Waals surface area contributed by atoms with Crippen molar-refractivity contribution in [3.63, 3.8) is 0 Å². The number of aromatic nitrogens is 2. The Morgan fingerprint density at radius 3 is 2.41 bits per heavy atom. The Hall–Kier alpha value is -3.68. The van der Waals surface area contributed by atoms with Crippen LogP contribution in [0, 0.1) is 6.92 Å². The molecule has 2 heterocycles. The smallest absolute Gasteiger partial charge is 0.450 e. The van der Waals surface area contributed by atoms with Crippen LogP contribution in [0.4, 0.5) is 19.0 Å². The molecule has 2 aromatic heterocycles. The number of hydrogen-bond acceptors (Lipinski definition) is 4. The summed E-state index contributed by atoms with van der Waals surface area (Å²) in [6.07, 6.45) is -2.29. The van der Waals surface area contributed by atoms with Crippen LogP contribution < -0.4 is 5.32 Å². The van der Waals surface area contributed by atoms with Gasteiger partial charge in [-0.1, -0.05) is 36.4 Å². The van der Waals surface area contributed by atoms with E-state index in [0.29, 0.717) is 5.56 Å². The number of hydrogen-bond donors (Lipinski definition) is 1. The third-order valence-electron chi connectivity index (χ3n) is 4.39. The molecule has 0 aliphatic carbocycles. The molecular formula is C21H14F3N3O2. The summed E-state index contributed by atoms with van der Waals surface area (Å²) in [6, 6.07) is 13.2. The predicted molar refractivity (Wildman–Crippen MR) is 101 cm³/mol. The van der Waals surface area contributed by atoms with E-state index in [1.807, 2.05) is 6.07 Å². The first-order chi connectivity index (χ1) is 13.8. The van der Waals surface area contributed by atoms with Crippen molar-refractivity contribution in [3.05, 3.63) is 77.8 Å². The van der Waals surface area contributed by atoms with E-state index >= 15 is 0 Å². The number of alkyl halides is 3. The quantitative estimate of drug-likeness (QED) is 0.498. The number of anilines is 1. The van der Waals surface area contributed by atoms with Crippen molar-refractivity contribution in [2.45, 2.75) is 13.1 Å². The van der Waals surface area contributed by atoms with Gasteiger partial charge in [-0.3, -0.25) is 9.78 Å². The van der Waals surface area contributed by atoms with Gasteiger partial charge in [0, 0.05) is 10.9 Å². The van der Waals surface area contributed by atoms with Gasteiger partial charge in [-0.15, -0.1) is 0 Å². The Kier molecular flexibility index (Phi) is 4.54. The molecule has 0 aliphatic rings. The highest BCUT2D eigenvalue weighted by Crippen LogP contribution is 2.42. The first-order valence-corrected chi connectivity index (χ1v) is 8.62. The maximum absolute atomic E-state index is 13.5. The van der Waals surface area contributed by atoms with Crippen molar-refractivity contribution in [2.75, 3.05) is 5.32 Å². The molecule has 0 unspecified atom stereocenters. The molecule has 4 rings (SSSR count). The van der Waals surface area contributed by atoms with E-state index in [2.05, 4.69) is 15.3 Å². The summed E-state index contributed by atoms with van der Waals surface area (Å²) in [5, 5.41) is 2.88. The molecule has 1 N–H and O–H groups in total. The minimum atomic E-state index is -4.69. The number of halogens is 3. The molecular weight excluding hydrogens is 383 g/mol. The Morgan fingerprint density at radius 2 is 1.72 bits per heavy atom. The second-order valence-electron chi connectivity index (χ2n) is 6.36. The Balaban J connectivity index is 1.69. The minimum Gasteiger partial charge on any atom is -0.451 e. The van der Waals surface area contributed by atoms with Gasteiger partial charge in [-0.05, 0) is 24.6 Å². The van der Waals surface area contributed by atoms with Crippen LogP contribution >= 0.6 is 0 Å². The topological polar surface area (TPSA) is 68.0 Å². The standard InChI is InChI=1S/C21H14F3N3O2/c1-12-6-2-3-7-13(12)20(28)27-17-11-25-15(10-26-17)18-14-8-4-5-9-16(14)29-19(18)21(22,23)24/h2-11H,1H3,(H,26,27,28). The van der Waals surface area contributed by atoms with Crippen molar-refractivity contribution in [2.24, 2.45) is 0 Å². The summed E-state index contributed by atoms with van der Waals surface area (Å²) >= 11 is 0. The number of nitrogens with zero attached hydrogens (tertiary/aromatic N) is 2. The van der Waals surface area contributed by atoms with Gasteiger partial charge < -0.3 is 9.73 Å². The summed E-state index contributed by atoms with van der Waals surface area (Å²) in [7, 11) is 0. The number of carbonyl (C=O) groups excluding carboxylic acids is 1. The second-order valence-corrected chi connectivity index (χ2v) is 6.36. The number of nitrogens with one attached hydrogen (secondary N) is 1. The van der Waals surface area contributed by atoms with Crippen LogP contribution in [-0.4, -0.2) is 15.9 Å². The van der Waals surface area contributed by atoms with E-state index in [0.717, 1.165) is 5.56 Å². The van der Waals surface area contributed by atoms with Gasteiger partial charge in [-0.25, -0.2) is 4.98 Å². The Morgan fingerprint density at radius 1 is 1.00 bits per heavy atom. The van der Waals surface area contributed by atoms with Crippen LogP contribution in [-0.2, 0) is 6.18 Å². The zero-order valence-corrected chi connectivity index (χ0v) is 15.1. The summed E-state index contributed by atoms with van der Waals surface area (Å²) in [4.78, 5) is 20.5. The lowest BCUT2D eigenvalue weighted by atomic mass is 10.1. The number of amides is 1.